The minimum Gasteiger partial charge on any atom is -0.381 e. The number of hydrogen-bond acceptors (Lipinski definition) is 2. The number of hydrogen-bond donors (Lipinski definition) is 1. The lowest BCUT2D eigenvalue weighted by Crippen LogP contribution is -2.44. The second-order valence-corrected chi connectivity index (χ2v) is 5.94. The van der Waals surface area contributed by atoms with E-state index in [0.717, 1.165) is 37.1 Å². The Bertz CT molecular complexity index is 405. The van der Waals surface area contributed by atoms with E-state index in [2.05, 4.69) is 17.4 Å². The SMILES string of the molecule is Clc1cccc(C[C@@H]2COCC[C@H]2NC2CC2)c1. The van der Waals surface area contributed by atoms with Crippen LogP contribution >= 0.6 is 11.6 Å². The van der Waals surface area contributed by atoms with Crippen molar-refractivity contribution < 1.29 is 4.74 Å². The molecule has 1 aliphatic heterocycles. The van der Waals surface area contributed by atoms with Gasteiger partial charge >= 0.3 is 0 Å². The van der Waals surface area contributed by atoms with Gasteiger partial charge in [0, 0.05) is 29.6 Å². The second kappa shape index (κ2) is 5.60. The largest absolute Gasteiger partial charge is 0.381 e. The van der Waals surface area contributed by atoms with Gasteiger partial charge in [0.05, 0.1) is 6.61 Å². The number of halogens is 1. The van der Waals surface area contributed by atoms with Crippen molar-refractivity contribution in [3.63, 3.8) is 0 Å². The first kappa shape index (κ1) is 12.5. The minimum absolute atomic E-state index is 0.581. The summed E-state index contributed by atoms with van der Waals surface area (Å²) in [5, 5.41) is 4.59. The highest BCUT2D eigenvalue weighted by Gasteiger charge is 2.31. The molecule has 98 valence electrons. The summed E-state index contributed by atoms with van der Waals surface area (Å²) in [7, 11) is 0. The maximum Gasteiger partial charge on any atom is 0.0512 e. The van der Waals surface area contributed by atoms with E-state index in [1.54, 1.807) is 0 Å². The van der Waals surface area contributed by atoms with E-state index < -0.39 is 0 Å². The molecule has 0 unspecified atom stereocenters. The van der Waals surface area contributed by atoms with Crippen LogP contribution in [-0.4, -0.2) is 25.3 Å². The maximum atomic E-state index is 6.05. The summed E-state index contributed by atoms with van der Waals surface area (Å²) in [4.78, 5) is 0. The summed E-state index contributed by atoms with van der Waals surface area (Å²) in [6, 6.07) is 9.59. The predicted octanol–water partition coefficient (Wildman–Crippen LogP) is 3.04. The molecule has 1 saturated heterocycles. The van der Waals surface area contributed by atoms with E-state index in [9.17, 15) is 0 Å². The van der Waals surface area contributed by atoms with Crippen LogP contribution in [0.5, 0.6) is 0 Å². The van der Waals surface area contributed by atoms with Crippen molar-refractivity contribution in [2.24, 2.45) is 5.92 Å². The van der Waals surface area contributed by atoms with Crippen LogP contribution < -0.4 is 5.32 Å². The Labute approximate surface area is 114 Å². The highest BCUT2D eigenvalue weighted by molar-refractivity contribution is 6.30. The molecule has 0 aromatic heterocycles. The molecule has 3 rings (SSSR count). The first-order valence-corrected chi connectivity index (χ1v) is 7.27. The Balaban J connectivity index is 1.64. The molecule has 0 spiro atoms. The van der Waals surface area contributed by atoms with Crippen LogP contribution in [0.4, 0.5) is 0 Å². The molecule has 2 fully saturated rings. The maximum absolute atomic E-state index is 6.05. The Kier molecular flexibility index (Phi) is 3.88. The van der Waals surface area contributed by atoms with E-state index in [0.29, 0.717) is 12.0 Å². The average Bonchev–Trinajstić information content (AvgIpc) is 3.16. The Hall–Kier alpha value is -0.570. The average molecular weight is 266 g/mol. The fourth-order valence-electron chi connectivity index (χ4n) is 2.74. The van der Waals surface area contributed by atoms with Gasteiger partial charge in [0.25, 0.3) is 0 Å². The highest BCUT2D eigenvalue weighted by atomic mass is 35.5. The molecule has 1 aromatic rings. The van der Waals surface area contributed by atoms with Gasteiger partial charge < -0.3 is 10.1 Å². The van der Waals surface area contributed by atoms with Gasteiger partial charge in [-0.15, -0.1) is 0 Å². The topological polar surface area (TPSA) is 21.3 Å². The van der Waals surface area contributed by atoms with Crippen molar-refractivity contribution in [3.05, 3.63) is 34.9 Å². The lowest BCUT2D eigenvalue weighted by molar-refractivity contribution is 0.0316. The third kappa shape index (κ3) is 3.25. The molecule has 0 radical (unpaired) electrons. The summed E-state index contributed by atoms with van der Waals surface area (Å²) in [6.45, 7) is 1.77. The molecule has 1 N–H and O–H groups in total. The molecular formula is C15H20ClNO. The molecule has 2 atom stereocenters. The third-order valence-electron chi connectivity index (χ3n) is 3.89. The number of benzene rings is 1. The smallest absolute Gasteiger partial charge is 0.0512 e. The van der Waals surface area contributed by atoms with E-state index in [-0.39, 0.29) is 0 Å². The zero-order valence-corrected chi connectivity index (χ0v) is 11.3. The van der Waals surface area contributed by atoms with Gasteiger partial charge in [-0.3, -0.25) is 0 Å². The summed E-state index contributed by atoms with van der Waals surface area (Å²) in [6.07, 6.45) is 4.90. The number of rotatable bonds is 4. The Morgan fingerprint density at radius 1 is 1.28 bits per heavy atom. The van der Waals surface area contributed by atoms with Gasteiger partial charge in [0.1, 0.15) is 0 Å². The van der Waals surface area contributed by atoms with Crippen LogP contribution in [0.1, 0.15) is 24.8 Å². The summed E-state index contributed by atoms with van der Waals surface area (Å²) in [5.41, 5.74) is 1.32. The first-order valence-electron chi connectivity index (χ1n) is 6.89. The van der Waals surface area contributed by atoms with Gasteiger partial charge in [-0.05, 0) is 43.4 Å². The fourth-order valence-corrected chi connectivity index (χ4v) is 2.95. The normalized spacial score (nSPS) is 28.3. The van der Waals surface area contributed by atoms with Gasteiger partial charge in [-0.2, -0.15) is 0 Å². The van der Waals surface area contributed by atoms with Gasteiger partial charge in [0.2, 0.25) is 0 Å². The zero-order chi connectivity index (χ0) is 12.4. The Morgan fingerprint density at radius 2 is 2.17 bits per heavy atom. The summed E-state index contributed by atoms with van der Waals surface area (Å²) in [5.74, 6) is 0.581. The van der Waals surface area contributed by atoms with E-state index >= 15 is 0 Å². The molecule has 1 aromatic carbocycles. The summed E-state index contributed by atoms with van der Waals surface area (Å²) >= 11 is 6.05. The van der Waals surface area contributed by atoms with Crippen LogP contribution in [0, 0.1) is 5.92 Å². The zero-order valence-electron chi connectivity index (χ0n) is 10.6. The number of ether oxygens (including phenoxy) is 1. The van der Waals surface area contributed by atoms with Crippen LogP contribution in [0.2, 0.25) is 5.02 Å². The summed E-state index contributed by atoms with van der Waals surface area (Å²) < 4.78 is 5.64. The van der Waals surface area contributed by atoms with Crippen molar-refractivity contribution in [1.29, 1.82) is 0 Å². The van der Waals surface area contributed by atoms with Crippen LogP contribution in [0.3, 0.4) is 0 Å². The van der Waals surface area contributed by atoms with Crippen LogP contribution in [0.25, 0.3) is 0 Å². The molecule has 0 amide bonds. The van der Waals surface area contributed by atoms with E-state index in [1.165, 1.54) is 18.4 Å². The molecule has 0 bridgehead atoms. The van der Waals surface area contributed by atoms with Crippen molar-refractivity contribution >= 4 is 11.6 Å². The first-order chi connectivity index (χ1) is 8.81. The van der Waals surface area contributed by atoms with Gasteiger partial charge in [0.15, 0.2) is 0 Å². The fraction of sp³-hybridized carbons (Fsp3) is 0.600. The number of nitrogens with one attached hydrogen (secondary N) is 1. The minimum atomic E-state index is 0.581. The molecule has 1 aliphatic carbocycles. The highest BCUT2D eigenvalue weighted by Crippen LogP contribution is 2.26. The van der Waals surface area contributed by atoms with Gasteiger partial charge in [-0.25, -0.2) is 0 Å². The van der Waals surface area contributed by atoms with E-state index in [4.69, 9.17) is 16.3 Å². The van der Waals surface area contributed by atoms with E-state index in [1.807, 2.05) is 12.1 Å². The van der Waals surface area contributed by atoms with Crippen molar-refractivity contribution in [2.45, 2.75) is 37.8 Å². The van der Waals surface area contributed by atoms with Crippen molar-refractivity contribution in [3.8, 4) is 0 Å². The Morgan fingerprint density at radius 3 is 2.94 bits per heavy atom. The predicted molar refractivity (Wildman–Crippen MR) is 74.0 cm³/mol. The van der Waals surface area contributed by atoms with Crippen molar-refractivity contribution in [1.82, 2.24) is 5.32 Å². The third-order valence-corrected chi connectivity index (χ3v) is 4.12. The molecule has 1 heterocycles. The quantitative estimate of drug-likeness (QED) is 0.904. The van der Waals surface area contributed by atoms with Crippen LogP contribution in [-0.2, 0) is 11.2 Å². The molecule has 2 nitrogen and oxygen atoms in total. The molecule has 3 heteroatoms. The monoisotopic (exact) mass is 265 g/mol. The standard InChI is InChI=1S/C15H20ClNO/c16-13-3-1-2-11(9-13)8-12-10-18-7-6-15(12)17-14-4-5-14/h1-3,9,12,14-15,17H,4-8,10H2/t12-,15-/m1/s1. The second-order valence-electron chi connectivity index (χ2n) is 5.51. The molecule has 18 heavy (non-hydrogen) atoms. The van der Waals surface area contributed by atoms with Crippen molar-refractivity contribution in [2.75, 3.05) is 13.2 Å². The molecular weight excluding hydrogens is 246 g/mol. The van der Waals surface area contributed by atoms with Crippen LogP contribution in [0.15, 0.2) is 24.3 Å². The van der Waals surface area contributed by atoms with Gasteiger partial charge in [-0.1, -0.05) is 23.7 Å². The molecule has 1 saturated carbocycles. The molecule has 2 aliphatic rings. The lowest BCUT2D eigenvalue weighted by Gasteiger charge is -2.32. The lowest BCUT2D eigenvalue weighted by atomic mass is 9.89.